The van der Waals surface area contributed by atoms with Crippen LogP contribution in [0, 0.1) is 5.92 Å². The Balaban J connectivity index is 1.70. The SMILES string of the molecule is O=S(=O)(Cc1cccc2cccnc12)NCC1CCCNC1. The number of rotatable bonds is 5. The molecule has 1 fully saturated rings. The first kappa shape index (κ1) is 15.4. The number of benzene rings is 1. The highest BCUT2D eigenvalue weighted by Crippen LogP contribution is 2.18. The van der Waals surface area contributed by atoms with Crippen LogP contribution in [0.25, 0.3) is 10.9 Å². The Morgan fingerprint density at radius 1 is 1.27 bits per heavy atom. The molecular formula is C16H21N3O2S. The average molecular weight is 319 g/mol. The Morgan fingerprint density at radius 3 is 2.95 bits per heavy atom. The van der Waals surface area contributed by atoms with Crippen molar-refractivity contribution in [1.29, 1.82) is 0 Å². The van der Waals surface area contributed by atoms with Gasteiger partial charge in [-0.05, 0) is 43.5 Å². The Labute approximate surface area is 131 Å². The molecule has 0 radical (unpaired) electrons. The van der Waals surface area contributed by atoms with Gasteiger partial charge < -0.3 is 5.32 Å². The van der Waals surface area contributed by atoms with E-state index >= 15 is 0 Å². The number of hydrogen-bond donors (Lipinski definition) is 2. The minimum Gasteiger partial charge on any atom is -0.316 e. The van der Waals surface area contributed by atoms with Crippen molar-refractivity contribution in [3.05, 3.63) is 42.1 Å². The van der Waals surface area contributed by atoms with Crippen LogP contribution < -0.4 is 10.0 Å². The third kappa shape index (κ3) is 3.82. The second kappa shape index (κ2) is 6.73. The number of nitrogens with zero attached hydrogens (tertiary/aromatic N) is 1. The van der Waals surface area contributed by atoms with Crippen LogP contribution in [-0.4, -0.2) is 33.0 Å². The molecule has 0 aliphatic carbocycles. The average Bonchev–Trinajstić information content (AvgIpc) is 2.54. The highest BCUT2D eigenvalue weighted by molar-refractivity contribution is 7.88. The van der Waals surface area contributed by atoms with E-state index in [1.807, 2.05) is 30.3 Å². The number of nitrogens with one attached hydrogen (secondary N) is 2. The van der Waals surface area contributed by atoms with Crippen LogP contribution in [0.1, 0.15) is 18.4 Å². The van der Waals surface area contributed by atoms with Gasteiger partial charge in [0.2, 0.25) is 10.0 Å². The molecule has 5 nitrogen and oxygen atoms in total. The number of aromatic nitrogens is 1. The van der Waals surface area contributed by atoms with Crippen molar-refractivity contribution >= 4 is 20.9 Å². The number of sulfonamides is 1. The third-order valence-electron chi connectivity index (χ3n) is 4.05. The Kier molecular flexibility index (Phi) is 4.71. The lowest BCUT2D eigenvalue weighted by atomic mass is 10.0. The number of piperidine rings is 1. The maximum Gasteiger partial charge on any atom is 0.215 e. The van der Waals surface area contributed by atoms with Crippen molar-refractivity contribution in [1.82, 2.24) is 15.0 Å². The standard InChI is InChI=1S/C16H21N3O2S/c20-22(21,19-11-13-4-2-8-17-10-13)12-15-6-1-5-14-7-3-9-18-16(14)15/h1,3,5-7,9,13,17,19H,2,4,8,10-12H2. The summed E-state index contributed by atoms with van der Waals surface area (Å²) in [5.41, 5.74) is 1.50. The van der Waals surface area contributed by atoms with Gasteiger partial charge in [0, 0.05) is 18.1 Å². The van der Waals surface area contributed by atoms with E-state index in [-0.39, 0.29) is 5.75 Å². The molecule has 1 aliphatic rings. The molecule has 2 aromatic rings. The predicted molar refractivity (Wildman–Crippen MR) is 88.0 cm³/mol. The molecule has 1 aliphatic heterocycles. The van der Waals surface area contributed by atoms with Crippen molar-refractivity contribution in [2.75, 3.05) is 19.6 Å². The smallest absolute Gasteiger partial charge is 0.215 e. The quantitative estimate of drug-likeness (QED) is 0.879. The first-order chi connectivity index (χ1) is 10.6. The summed E-state index contributed by atoms with van der Waals surface area (Å²) in [5.74, 6) is 0.357. The lowest BCUT2D eigenvalue weighted by Crippen LogP contribution is -2.38. The summed E-state index contributed by atoms with van der Waals surface area (Å²) in [6.07, 6.45) is 3.88. The number of hydrogen-bond acceptors (Lipinski definition) is 4. The topological polar surface area (TPSA) is 71.1 Å². The maximum atomic E-state index is 12.3. The van der Waals surface area contributed by atoms with Gasteiger partial charge in [-0.3, -0.25) is 4.98 Å². The summed E-state index contributed by atoms with van der Waals surface area (Å²) in [5, 5.41) is 4.26. The molecule has 0 bridgehead atoms. The van der Waals surface area contributed by atoms with Gasteiger partial charge in [-0.1, -0.05) is 24.3 Å². The van der Waals surface area contributed by atoms with Gasteiger partial charge in [0.05, 0.1) is 11.3 Å². The maximum absolute atomic E-state index is 12.3. The van der Waals surface area contributed by atoms with E-state index in [4.69, 9.17) is 0 Å². The fraction of sp³-hybridized carbons (Fsp3) is 0.438. The van der Waals surface area contributed by atoms with Crippen LogP contribution >= 0.6 is 0 Å². The van der Waals surface area contributed by atoms with Crippen LogP contribution in [0.4, 0.5) is 0 Å². The zero-order valence-corrected chi connectivity index (χ0v) is 13.3. The molecular weight excluding hydrogens is 298 g/mol. The minimum absolute atomic E-state index is 0.0263. The Morgan fingerprint density at radius 2 is 2.14 bits per heavy atom. The Bertz CT molecular complexity index is 735. The second-order valence-electron chi connectivity index (χ2n) is 5.81. The molecule has 22 heavy (non-hydrogen) atoms. The second-order valence-corrected chi connectivity index (χ2v) is 7.62. The third-order valence-corrected chi connectivity index (χ3v) is 5.35. The van der Waals surface area contributed by atoms with Crippen molar-refractivity contribution < 1.29 is 8.42 Å². The summed E-state index contributed by atoms with van der Waals surface area (Å²) in [4.78, 5) is 4.31. The monoisotopic (exact) mass is 319 g/mol. The molecule has 1 aromatic heterocycles. The van der Waals surface area contributed by atoms with Crippen LogP contribution in [0.2, 0.25) is 0 Å². The molecule has 0 spiro atoms. The van der Waals surface area contributed by atoms with E-state index < -0.39 is 10.0 Å². The number of pyridine rings is 1. The summed E-state index contributed by atoms with van der Waals surface area (Å²) in [6.45, 7) is 2.43. The van der Waals surface area contributed by atoms with E-state index in [1.54, 1.807) is 6.20 Å². The van der Waals surface area contributed by atoms with E-state index in [0.29, 0.717) is 12.5 Å². The zero-order chi connectivity index (χ0) is 15.4. The lowest BCUT2D eigenvalue weighted by Gasteiger charge is -2.22. The van der Waals surface area contributed by atoms with Gasteiger partial charge in [0.1, 0.15) is 0 Å². The summed E-state index contributed by atoms with van der Waals surface area (Å²) in [7, 11) is -3.34. The van der Waals surface area contributed by atoms with E-state index in [2.05, 4.69) is 15.0 Å². The van der Waals surface area contributed by atoms with Crippen molar-refractivity contribution in [3.63, 3.8) is 0 Å². The molecule has 1 aromatic carbocycles. The first-order valence-electron chi connectivity index (χ1n) is 7.65. The van der Waals surface area contributed by atoms with Crippen LogP contribution in [0.15, 0.2) is 36.5 Å². The van der Waals surface area contributed by atoms with E-state index in [0.717, 1.165) is 42.4 Å². The predicted octanol–water partition coefficient (Wildman–Crippen LogP) is 1.65. The lowest BCUT2D eigenvalue weighted by molar-refractivity contribution is 0.376. The highest BCUT2D eigenvalue weighted by atomic mass is 32.2. The van der Waals surface area contributed by atoms with Gasteiger partial charge in [0.25, 0.3) is 0 Å². The fourth-order valence-corrected chi connectivity index (χ4v) is 4.12. The molecule has 2 N–H and O–H groups in total. The normalized spacial score (nSPS) is 19.4. The highest BCUT2D eigenvalue weighted by Gasteiger charge is 2.18. The van der Waals surface area contributed by atoms with Crippen LogP contribution in [0.3, 0.4) is 0 Å². The molecule has 1 saturated heterocycles. The zero-order valence-electron chi connectivity index (χ0n) is 12.5. The molecule has 6 heteroatoms. The first-order valence-corrected chi connectivity index (χ1v) is 9.30. The van der Waals surface area contributed by atoms with Crippen molar-refractivity contribution in [2.24, 2.45) is 5.92 Å². The van der Waals surface area contributed by atoms with Gasteiger partial charge in [-0.25, -0.2) is 13.1 Å². The van der Waals surface area contributed by atoms with E-state index in [9.17, 15) is 8.42 Å². The summed E-state index contributed by atoms with van der Waals surface area (Å²) in [6, 6.07) is 9.45. The van der Waals surface area contributed by atoms with Gasteiger partial charge in [-0.2, -0.15) is 0 Å². The molecule has 0 saturated carbocycles. The van der Waals surface area contributed by atoms with Gasteiger partial charge in [-0.15, -0.1) is 0 Å². The molecule has 0 amide bonds. The van der Waals surface area contributed by atoms with Gasteiger partial charge >= 0.3 is 0 Å². The molecule has 1 atom stereocenters. The number of para-hydroxylation sites is 1. The minimum atomic E-state index is -3.34. The molecule has 3 rings (SSSR count). The summed E-state index contributed by atoms with van der Waals surface area (Å²) >= 11 is 0. The Hall–Kier alpha value is -1.50. The van der Waals surface area contributed by atoms with Crippen molar-refractivity contribution in [3.8, 4) is 0 Å². The van der Waals surface area contributed by atoms with Gasteiger partial charge in [0.15, 0.2) is 0 Å². The fourth-order valence-electron chi connectivity index (χ4n) is 2.88. The van der Waals surface area contributed by atoms with Crippen LogP contribution in [-0.2, 0) is 15.8 Å². The molecule has 1 unspecified atom stereocenters. The molecule has 2 heterocycles. The molecule has 118 valence electrons. The van der Waals surface area contributed by atoms with Crippen molar-refractivity contribution in [2.45, 2.75) is 18.6 Å². The summed E-state index contributed by atoms with van der Waals surface area (Å²) < 4.78 is 27.4. The van der Waals surface area contributed by atoms with E-state index in [1.165, 1.54) is 0 Å². The largest absolute Gasteiger partial charge is 0.316 e. The van der Waals surface area contributed by atoms with Crippen LogP contribution in [0.5, 0.6) is 0 Å². The number of fused-ring (bicyclic) bond motifs is 1.